The monoisotopic (exact) mass is 304 g/mol. The third-order valence-electron chi connectivity index (χ3n) is 3.35. The van der Waals surface area contributed by atoms with E-state index in [-0.39, 0.29) is 18.9 Å². The molecule has 0 aromatic carbocycles. The number of quaternary nitrogens is 1. The van der Waals surface area contributed by atoms with Crippen molar-refractivity contribution >= 4 is 11.9 Å². The van der Waals surface area contributed by atoms with Crippen molar-refractivity contribution in [3.05, 3.63) is 0 Å². The van der Waals surface area contributed by atoms with Crippen molar-refractivity contribution in [2.24, 2.45) is 0 Å². The molecule has 1 N–H and O–H groups in total. The molecule has 0 spiro atoms. The largest absolute Gasteiger partial charge is 0.544 e. The number of hydrogen-bond donors (Lipinski definition) is 1. The lowest BCUT2D eigenvalue weighted by Gasteiger charge is -2.30. The molecule has 0 bridgehead atoms. The summed E-state index contributed by atoms with van der Waals surface area (Å²) in [5, 5.41) is 13.2. The average Bonchev–Trinajstić information content (AvgIpc) is 2.33. The Labute approximate surface area is 127 Å². The fraction of sp³-hybridized carbons (Fsp3) is 0.867. The number of amides is 1. The van der Waals surface area contributed by atoms with Gasteiger partial charge >= 0.3 is 0 Å². The zero-order chi connectivity index (χ0) is 16.3. The Morgan fingerprint density at radius 1 is 1.24 bits per heavy atom. The van der Waals surface area contributed by atoms with Crippen LogP contribution in [0.15, 0.2) is 0 Å². The first-order valence-electron chi connectivity index (χ1n) is 7.69. The lowest BCUT2D eigenvalue weighted by atomic mass is 10.1. The molecule has 0 aliphatic rings. The van der Waals surface area contributed by atoms with Gasteiger partial charge in [0.15, 0.2) is 0 Å². The number of carboxylic acids is 1. The molecule has 0 heterocycles. The first kappa shape index (κ1) is 19.8. The van der Waals surface area contributed by atoms with Gasteiger partial charge in [-0.2, -0.15) is 0 Å². The maximum atomic E-state index is 13.5. The zero-order valence-electron chi connectivity index (χ0n) is 13.5. The molecule has 0 aliphatic heterocycles. The van der Waals surface area contributed by atoms with Gasteiger partial charge in [0.1, 0.15) is 12.7 Å². The van der Waals surface area contributed by atoms with E-state index >= 15 is 0 Å². The Morgan fingerprint density at radius 2 is 1.90 bits per heavy atom. The maximum Gasteiger partial charge on any atom is 0.222 e. The van der Waals surface area contributed by atoms with E-state index in [1.165, 1.54) is 0 Å². The molecule has 0 aliphatic carbocycles. The van der Waals surface area contributed by atoms with Crippen molar-refractivity contribution < 1.29 is 23.6 Å². The molecule has 124 valence electrons. The second-order valence-corrected chi connectivity index (χ2v) is 6.19. The van der Waals surface area contributed by atoms with Crippen LogP contribution in [-0.2, 0) is 9.59 Å². The lowest BCUT2D eigenvalue weighted by Crippen LogP contribution is -2.49. The number of carbonyl (C=O) groups excluding carboxylic acids is 2. The predicted molar refractivity (Wildman–Crippen MR) is 78.1 cm³/mol. The first-order chi connectivity index (χ1) is 9.76. The highest BCUT2D eigenvalue weighted by molar-refractivity contribution is 5.76. The Bertz CT molecular complexity index is 322. The van der Waals surface area contributed by atoms with Crippen LogP contribution < -0.4 is 10.4 Å². The van der Waals surface area contributed by atoms with E-state index in [0.717, 1.165) is 19.3 Å². The summed E-state index contributed by atoms with van der Waals surface area (Å²) in [5.74, 6) is -1.36. The van der Waals surface area contributed by atoms with Gasteiger partial charge in [0.25, 0.3) is 0 Å². The molecule has 0 saturated carbocycles. The number of rotatable bonds is 12. The van der Waals surface area contributed by atoms with Crippen LogP contribution in [0.1, 0.15) is 45.4 Å². The molecule has 0 aromatic rings. The van der Waals surface area contributed by atoms with Crippen LogP contribution in [0, 0.1) is 0 Å². The van der Waals surface area contributed by atoms with Gasteiger partial charge in [-0.3, -0.25) is 4.79 Å². The van der Waals surface area contributed by atoms with Crippen LogP contribution in [0.5, 0.6) is 0 Å². The molecule has 1 atom stereocenters. The number of nitrogens with zero attached hydrogens (tertiary/aromatic N) is 1. The molecule has 0 saturated heterocycles. The van der Waals surface area contributed by atoms with Gasteiger partial charge in [-0.1, -0.05) is 26.2 Å². The molecule has 0 rings (SSSR count). The summed E-state index contributed by atoms with van der Waals surface area (Å²) in [6.45, 7) is 3.05. The Hall–Kier alpha value is -1.17. The van der Waals surface area contributed by atoms with E-state index in [1.807, 2.05) is 0 Å². The molecular weight excluding hydrogens is 275 g/mol. The van der Waals surface area contributed by atoms with Gasteiger partial charge in [-0.25, -0.2) is 4.39 Å². The minimum atomic E-state index is -1.09. The SMILES string of the molecule is CCCCCC(F)CC(=O)NCCC[N+](C)(C)CC(=O)[O-]. The number of alkyl halides is 1. The summed E-state index contributed by atoms with van der Waals surface area (Å²) in [5.41, 5.74) is 0. The van der Waals surface area contributed by atoms with Gasteiger partial charge in [0.05, 0.1) is 33.0 Å². The first-order valence-corrected chi connectivity index (χ1v) is 7.69. The van der Waals surface area contributed by atoms with Crippen molar-refractivity contribution in [2.45, 2.75) is 51.6 Å². The van der Waals surface area contributed by atoms with Crippen molar-refractivity contribution in [3.63, 3.8) is 0 Å². The number of carboxylic acid groups (broad SMARTS) is 1. The summed E-state index contributed by atoms with van der Waals surface area (Å²) in [7, 11) is 3.59. The van der Waals surface area contributed by atoms with Gasteiger partial charge in [-0.15, -0.1) is 0 Å². The smallest absolute Gasteiger partial charge is 0.222 e. The van der Waals surface area contributed by atoms with E-state index in [4.69, 9.17) is 0 Å². The fourth-order valence-electron chi connectivity index (χ4n) is 2.15. The third-order valence-corrected chi connectivity index (χ3v) is 3.35. The summed E-state index contributed by atoms with van der Waals surface area (Å²) in [4.78, 5) is 22.1. The van der Waals surface area contributed by atoms with Crippen LogP contribution in [0.2, 0.25) is 0 Å². The zero-order valence-corrected chi connectivity index (χ0v) is 13.5. The summed E-state index contributed by atoms with van der Waals surface area (Å²) in [6.07, 6.45) is 2.80. The van der Waals surface area contributed by atoms with E-state index in [0.29, 0.717) is 30.4 Å². The van der Waals surface area contributed by atoms with E-state index in [1.54, 1.807) is 14.1 Å². The summed E-state index contributed by atoms with van der Waals surface area (Å²) in [6, 6.07) is 0. The van der Waals surface area contributed by atoms with Crippen molar-refractivity contribution in [2.75, 3.05) is 33.7 Å². The minimum Gasteiger partial charge on any atom is -0.544 e. The minimum absolute atomic E-state index is 0.0576. The highest BCUT2D eigenvalue weighted by atomic mass is 19.1. The van der Waals surface area contributed by atoms with Gasteiger partial charge < -0.3 is 19.7 Å². The van der Waals surface area contributed by atoms with Gasteiger partial charge in [-0.05, 0) is 6.42 Å². The second kappa shape index (κ2) is 10.5. The normalized spacial score (nSPS) is 13.0. The number of unbranched alkanes of at least 4 members (excludes halogenated alkanes) is 2. The highest BCUT2D eigenvalue weighted by Gasteiger charge is 2.15. The Balaban J connectivity index is 3.72. The molecule has 6 heteroatoms. The Morgan fingerprint density at radius 3 is 2.48 bits per heavy atom. The fourth-order valence-corrected chi connectivity index (χ4v) is 2.15. The molecule has 5 nitrogen and oxygen atoms in total. The molecule has 0 radical (unpaired) electrons. The third kappa shape index (κ3) is 12.3. The van der Waals surface area contributed by atoms with Crippen LogP contribution in [0.25, 0.3) is 0 Å². The van der Waals surface area contributed by atoms with Crippen LogP contribution >= 0.6 is 0 Å². The van der Waals surface area contributed by atoms with Crippen molar-refractivity contribution in [3.8, 4) is 0 Å². The van der Waals surface area contributed by atoms with Gasteiger partial charge in [0, 0.05) is 13.0 Å². The van der Waals surface area contributed by atoms with E-state index < -0.39 is 12.1 Å². The van der Waals surface area contributed by atoms with E-state index in [9.17, 15) is 19.1 Å². The number of halogens is 1. The number of carbonyl (C=O) groups is 2. The highest BCUT2D eigenvalue weighted by Crippen LogP contribution is 2.09. The predicted octanol–water partition coefficient (Wildman–Crippen LogP) is 0.628. The molecule has 0 aromatic heterocycles. The number of likely N-dealkylation sites (N-methyl/N-ethyl adjacent to an activating group) is 1. The molecular formula is C15H29FN2O3. The lowest BCUT2D eigenvalue weighted by molar-refractivity contribution is -0.884. The molecule has 1 amide bonds. The van der Waals surface area contributed by atoms with E-state index in [2.05, 4.69) is 12.2 Å². The van der Waals surface area contributed by atoms with Crippen molar-refractivity contribution in [1.29, 1.82) is 0 Å². The van der Waals surface area contributed by atoms with Gasteiger partial charge in [0.2, 0.25) is 5.91 Å². The second-order valence-electron chi connectivity index (χ2n) is 6.19. The standard InChI is InChI=1S/C15H29FN2O3/c1-4-5-6-8-13(16)11-14(19)17-9-7-10-18(2,3)12-15(20)21/h13H,4-12H2,1-3H3,(H-,17,19,20,21). The van der Waals surface area contributed by atoms with Crippen LogP contribution in [0.4, 0.5) is 4.39 Å². The molecule has 0 fully saturated rings. The topological polar surface area (TPSA) is 69.2 Å². The van der Waals surface area contributed by atoms with Crippen LogP contribution in [0.3, 0.4) is 0 Å². The summed E-state index contributed by atoms with van der Waals surface area (Å²) >= 11 is 0. The Kier molecular flexibility index (Phi) is 9.95. The maximum absolute atomic E-state index is 13.5. The number of aliphatic carboxylic acids is 1. The van der Waals surface area contributed by atoms with Crippen molar-refractivity contribution in [1.82, 2.24) is 5.32 Å². The molecule has 1 unspecified atom stereocenters. The average molecular weight is 304 g/mol. The number of nitrogens with one attached hydrogen (secondary N) is 1. The summed E-state index contributed by atoms with van der Waals surface area (Å²) < 4.78 is 13.8. The molecule has 21 heavy (non-hydrogen) atoms. The number of hydrogen-bond acceptors (Lipinski definition) is 3. The van der Waals surface area contributed by atoms with Crippen LogP contribution in [-0.4, -0.2) is 56.3 Å². The quantitative estimate of drug-likeness (QED) is 0.425.